The van der Waals surface area contributed by atoms with Gasteiger partial charge in [0.25, 0.3) is 5.91 Å². The van der Waals surface area contributed by atoms with Gasteiger partial charge in [0.15, 0.2) is 5.69 Å². The van der Waals surface area contributed by atoms with Crippen molar-refractivity contribution in [3.63, 3.8) is 0 Å². The minimum atomic E-state index is -0.573. The van der Waals surface area contributed by atoms with E-state index in [1.54, 1.807) is 15.6 Å². The van der Waals surface area contributed by atoms with Crippen molar-refractivity contribution in [1.29, 1.82) is 0 Å². The minimum absolute atomic E-state index is 0.181. The molecule has 198 valence electrons. The third-order valence-electron chi connectivity index (χ3n) is 6.50. The lowest BCUT2D eigenvalue weighted by molar-refractivity contribution is 0.0205. The van der Waals surface area contributed by atoms with E-state index < -0.39 is 11.5 Å². The Hall–Kier alpha value is -3.79. The molecule has 2 amide bonds. The monoisotopic (exact) mass is 579 g/mol. The zero-order valence-corrected chi connectivity index (χ0v) is 23.1. The van der Waals surface area contributed by atoms with E-state index in [0.29, 0.717) is 30.2 Å². The number of imidazole rings is 1. The Kier molecular flexibility index (Phi) is 6.92. The molecular weight excluding hydrogens is 550 g/mol. The van der Waals surface area contributed by atoms with Gasteiger partial charge >= 0.3 is 6.09 Å². The summed E-state index contributed by atoms with van der Waals surface area (Å²) in [6.07, 6.45) is 3.03. The van der Waals surface area contributed by atoms with Crippen LogP contribution in [-0.2, 0) is 4.74 Å². The second-order valence-electron chi connectivity index (χ2n) is 10.4. The Morgan fingerprint density at radius 3 is 2.21 bits per heavy atom. The van der Waals surface area contributed by atoms with Crippen molar-refractivity contribution in [2.75, 3.05) is 13.1 Å². The number of primary amides is 1. The lowest BCUT2D eigenvalue weighted by Gasteiger charge is -2.33. The van der Waals surface area contributed by atoms with Crippen LogP contribution in [0.25, 0.3) is 16.9 Å². The molecule has 5 rings (SSSR count). The van der Waals surface area contributed by atoms with Gasteiger partial charge in [-0.15, -0.1) is 0 Å². The number of nitrogens with one attached hydrogen (secondary N) is 1. The number of aromatic amines is 1. The first-order chi connectivity index (χ1) is 18.1. The predicted octanol–water partition coefficient (Wildman–Crippen LogP) is 6.10. The third kappa shape index (κ3) is 5.40. The summed E-state index contributed by atoms with van der Waals surface area (Å²) < 4.78 is 14.0. The molecule has 4 aromatic rings. The molecule has 3 N–H and O–H groups in total. The summed E-state index contributed by atoms with van der Waals surface area (Å²) in [5.41, 5.74) is 8.68. The topological polar surface area (TPSA) is 115 Å². The summed E-state index contributed by atoms with van der Waals surface area (Å²) in [7, 11) is 0. The smallest absolute Gasteiger partial charge is 0.410 e. The van der Waals surface area contributed by atoms with Crippen LogP contribution in [0.15, 0.2) is 59.2 Å². The number of halogens is 1. The van der Waals surface area contributed by atoms with Crippen molar-refractivity contribution in [2.24, 2.45) is 5.73 Å². The number of benzene rings is 2. The molecule has 0 bridgehead atoms. The standard InChI is InChI=1S/C28H30BrN5O4/c1-28(2,3)38-27(36)33-14-12-17(13-15-33)22-16-31-34-24(25(30)35)23(32-26(22)34)18-4-8-20(9-5-18)37-21-10-6-19(29)7-11-21/h4-11,16-17,32H,12-15H2,1-3H3,(H2,30,35). The Bertz CT molecular complexity index is 1460. The first-order valence-electron chi connectivity index (χ1n) is 12.5. The Labute approximate surface area is 229 Å². The first-order valence-corrected chi connectivity index (χ1v) is 13.3. The second-order valence-corrected chi connectivity index (χ2v) is 11.3. The molecule has 1 saturated heterocycles. The van der Waals surface area contributed by atoms with Gasteiger partial charge in [-0.1, -0.05) is 15.9 Å². The Morgan fingerprint density at radius 1 is 1.03 bits per heavy atom. The molecule has 2 aromatic carbocycles. The van der Waals surface area contributed by atoms with Gasteiger partial charge in [-0.25, -0.2) is 9.31 Å². The van der Waals surface area contributed by atoms with Gasteiger partial charge in [-0.2, -0.15) is 5.10 Å². The van der Waals surface area contributed by atoms with Crippen LogP contribution in [0.5, 0.6) is 11.5 Å². The van der Waals surface area contributed by atoms with E-state index in [1.165, 1.54) is 0 Å². The number of fused-ring (bicyclic) bond motifs is 1. The van der Waals surface area contributed by atoms with E-state index in [4.69, 9.17) is 15.2 Å². The van der Waals surface area contributed by atoms with Gasteiger partial charge in [0.1, 0.15) is 22.7 Å². The van der Waals surface area contributed by atoms with Crippen LogP contribution >= 0.6 is 15.9 Å². The number of nitrogens with zero attached hydrogens (tertiary/aromatic N) is 3. The number of H-pyrrole nitrogens is 1. The molecule has 3 heterocycles. The van der Waals surface area contributed by atoms with Gasteiger partial charge in [-0.3, -0.25) is 4.79 Å². The fourth-order valence-corrected chi connectivity index (χ4v) is 4.97. The number of carbonyl (C=O) groups is 2. The number of aromatic nitrogens is 3. The van der Waals surface area contributed by atoms with Crippen molar-refractivity contribution in [3.8, 4) is 22.8 Å². The van der Waals surface area contributed by atoms with E-state index >= 15 is 0 Å². The van der Waals surface area contributed by atoms with Crippen LogP contribution in [0.3, 0.4) is 0 Å². The molecule has 2 aromatic heterocycles. The zero-order chi connectivity index (χ0) is 27.0. The van der Waals surface area contributed by atoms with Crippen molar-refractivity contribution >= 4 is 33.6 Å². The minimum Gasteiger partial charge on any atom is -0.457 e. The molecule has 1 aliphatic rings. The maximum atomic E-state index is 12.5. The molecule has 38 heavy (non-hydrogen) atoms. The van der Waals surface area contributed by atoms with Crippen molar-refractivity contribution in [3.05, 3.63) is 70.5 Å². The van der Waals surface area contributed by atoms with E-state index in [1.807, 2.05) is 69.3 Å². The first kappa shape index (κ1) is 25.8. The molecule has 0 saturated carbocycles. The summed E-state index contributed by atoms with van der Waals surface area (Å²) in [5, 5.41) is 4.50. The van der Waals surface area contributed by atoms with Gasteiger partial charge in [0, 0.05) is 28.7 Å². The summed E-state index contributed by atoms with van der Waals surface area (Å²) in [6, 6.07) is 15.0. The SMILES string of the molecule is CC(C)(C)OC(=O)N1CCC(c2cnn3c(C(N)=O)c(-c4ccc(Oc5ccc(Br)cc5)cc4)[nH]c23)CC1. The molecule has 0 spiro atoms. The van der Waals surface area contributed by atoms with Crippen LogP contribution < -0.4 is 10.5 Å². The lowest BCUT2D eigenvalue weighted by atomic mass is 9.91. The van der Waals surface area contributed by atoms with E-state index in [2.05, 4.69) is 26.0 Å². The fraction of sp³-hybridized carbons (Fsp3) is 0.321. The fourth-order valence-electron chi connectivity index (χ4n) is 4.70. The number of carbonyl (C=O) groups excluding carboxylic acids is 2. The van der Waals surface area contributed by atoms with Crippen LogP contribution in [0.2, 0.25) is 0 Å². The summed E-state index contributed by atoms with van der Waals surface area (Å²) in [4.78, 5) is 30.1. The number of rotatable bonds is 5. The predicted molar refractivity (Wildman–Crippen MR) is 147 cm³/mol. The average Bonchev–Trinajstić information content (AvgIpc) is 3.44. The molecule has 1 fully saturated rings. The van der Waals surface area contributed by atoms with Gasteiger partial charge in [0.2, 0.25) is 0 Å². The molecule has 0 atom stereocenters. The normalized spacial score (nSPS) is 14.6. The number of likely N-dealkylation sites (tertiary alicyclic amines) is 1. The second kappa shape index (κ2) is 10.2. The number of amides is 2. The van der Waals surface area contributed by atoms with E-state index in [0.717, 1.165) is 39.8 Å². The number of hydrogen-bond acceptors (Lipinski definition) is 5. The average molecular weight is 580 g/mol. The molecule has 0 aliphatic carbocycles. The largest absolute Gasteiger partial charge is 0.457 e. The van der Waals surface area contributed by atoms with Crippen LogP contribution in [-0.4, -0.2) is 50.2 Å². The van der Waals surface area contributed by atoms with E-state index in [9.17, 15) is 9.59 Å². The van der Waals surface area contributed by atoms with Gasteiger partial charge < -0.3 is 25.1 Å². The van der Waals surface area contributed by atoms with Gasteiger partial charge in [0.05, 0.1) is 11.9 Å². The molecular formula is C28H30BrN5O4. The highest BCUT2D eigenvalue weighted by molar-refractivity contribution is 9.10. The van der Waals surface area contributed by atoms with Crippen LogP contribution in [0.4, 0.5) is 4.79 Å². The molecule has 0 unspecified atom stereocenters. The Morgan fingerprint density at radius 2 is 1.63 bits per heavy atom. The Balaban J connectivity index is 1.37. The zero-order valence-electron chi connectivity index (χ0n) is 21.5. The summed E-state index contributed by atoms with van der Waals surface area (Å²) >= 11 is 3.42. The maximum Gasteiger partial charge on any atom is 0.410 e. The van der Waals surface area contributed by atoms with Crippen LogP contribution in [0.1, 0.15) is 55.6 Å². The summed E-state index contributed by atoms with van der Waals surface area (Å²) in [5.74, 6) is 1.00. The third-order valence-corrected chi connectivity index (χ3v) is 7.03. The van der Waals surface area contributed by atoms with Crippen molar-refractivity contribution in [1.82, 2.24) is 19.5 Å². The van der Waals surface area contributed by atoms with Crippen molar-refractivity contribution < 1.29 is 19.1 Å². The summed E-state index contributed by atoms with van der Waals surface area (Å²) in [6.45, 7) is 6.77. The molecule has 1 aliphatic heterocycles. The van der Waals surface area contributed by atoms with E-state index in [-0.39, 0.29) is 12.0 Å². The quantitative estimate of drug-likeness (QED) is 0.296. The maximum absolute atomic E-state index is 12.5. The molecule has 9 nitrogen and oxygen atoms in total. The van der Waals surface area contributed by atoms with Crippen LogP contribution in [0, 0.1) is 0 Å². The number of ether oxygens (including phenoxy) is 2. The van der Waals surface area contributed by atoms with Gasteiger partial charge in [-0.05, 0) is 88.1 Å². The number of nitrogens with two attached hydrogens (primary N) is 1. The molecule has 0 radical (unpaired) electrons. The highest BCUT2D eigenvalue weighted by atomic mass is 79.9. The number of piperidine rings is 1. The lowest BCUT2D eigenvalue weighted by Crippen LogP contribution is -2.41. The highest BCUT2D eigenvalue weighted by Crippen LogP contribution is 2.34. The number of hydrogen-bond donors (Lipinski definition) is 2. The van der Waals surface area contributed by atoms with Crippen molar-refractivity contribution in [2.45, 2.75) is 45.1 Å². The highest BCUT2D eigenvalue weighted by Gasteiger charge is 2.30. The molecule has 10 heteroatoms.